The highest BCUT2D eigenvalue weighted by Gasteiger charge is 2.33. The monoisotopic (exact) mass is 392 g/mol. The number of aryl methyl sites for hydroxylation is 1. The van der Waals surface area contributed by atoms with Crippen molar-refractivity contribution >= 4 is 17.2 Å². The highest BCUT2D eigenvalue weighted by Crippen LogP contribution is 2.26. The molecular formula is C20H32N4O2S. The Bertz CT molecular complexity index is 623. The Balaban J connectivity index is 1.26. The fourth-order valence-electron chi connectivity index (χ4n) is 4.69. The van der Waals surface area contributed by atoms with E-state index in [2.05, 4.69) is 27.1 Å². The molecule has 0 unspecified atom stereocenters. The molecule has 0 aliphatic carbocycles. The van der Waals surface area contributed by atoms with Crippen molar-refractivity contribution in [1.29, 1.82) is 0 Å². The molecule has 0 radical (unpaired) electrons. The zero-order chi connectivity index (χ0) is 18.6. The third kappa shape index (κ3) is 4.88. The van der Waals surface area contributed by atoms with Crippen molar-refractivity contribution in [3.8, 4) is 0 Å². The number of ether oxygens (including phenoxy) is 1. The first-order valence-electron chi connectivity index (χ1n) is 10.4. The molecule has 0 spiro atoms. The Morgan fingerprint density at radius 1 is 1.19 bits per heavy atom. The number of likely N-dealkylation sites (tertiary alicyclic amines) is 2. The fraction of sp³-hybridized carbons (Fsp3) is 0.800. The van der Waals surface area contributed by atoms with E-state index in [1.165, 1.54) is 17.8 Å². The molecule has 6 nitrogen and oxygen atoms in total. The van der Waals surface area contributed by atoms with Crippen molar-refractivity contribution in [3.63, 3.8) is 0 Å². The van der Waals surface area contributed by atoms with Crippen LogP contribution >= 0.6 is 11.3 Å². The Hall–Kier alpha value is -1.02. The molecule has 27 heavy (non-hydrogen) atoms. The van der Waals surface area contributed by atoms with Crippen molar-refractivity contribution in [2.75, 3.05) is 52.5 Å². The first kappa shape index (κ1) is 19.3. The fourth-order valence-corrected chi connectivity index (χ4v) is 5.50. The number of hydrogen-bond donors (Lipinski definition) is 0. The number of carbonyl (C=O) groups excluding carboxylic acids is 1. The molecule has 3 aliphatic heterocycles. The van der Waals surface area contributed by atoms with Crippen molar-refractivity contribution in [1.82, 2.24) is 19.7 Å². The summed E-state index contributed by atoms with van der Waals surface area (Å²) in [5.41, 5.74) is 1.13. The molecule has 0 N–H and O–H groups in total. The summed E-state index contributed by atoms with van der Waals surface area (Å²) in [5, 5.41) is 3.38. The van der Waals surface area contributed by atoms with Crippen molar-refractivity contribution in [2.45, 2.75) is 45.2 Å². The number of morpholine rings is 1. The van der Waals surface area contributed by atoms with Gasteiger partial charge in [0.15, 0.2) is 0 Å². The highest BCUT2D eigenvalue weighted by atomic mass is 32.1. The van der Waals surface area contributed by atoms with Crippen molar-refractivity contribution < 1.29 is 9.53 Å². The van der Waals surface area contributed by atoms with Gasteiger partial charge in [0.1, 0.15) is 5.01 Å². The smallest absolute Gasteiger partial charge is 0.227 e. The number of thiazole rings is 1. The minimum absolute atomic E-state index is 0.188. The average Bonchev–Trinajstić information content (AvgIpc) is 3.13. The predicted octanol–water partition coefficient (Wildman–Crippen LogP) is 1.99. The SMILES string of the molecule is Cc1csc(CN2CCC(N3CCC[C@H](C(=O)N4CCOCC4)C3)CC2)n1. The largest absolute Gasteiger partial charge is 0.378 e. The lowest BCUT2D eigenvalue weighted by atomic mass is 9.92. The number of nitrogens with zero attached hydrogens (tertiary/aromatic N) is 4. The Kier molecular flexibility index (Phi) is 6.42. The Morgan fingerprint density at radius 3 is 2.67 bits per heavy atom. The molecule has 0 aromatic carbocycles. The van der Waals surface area contributed by atoms with Crippen molar-refractivity contribution in [2.24, 2.45) is 5.92 Å². The molecule has 7 heteroatoms. The maximum atomic E-state index is 12.9. The Labute approximate surface area is 166 Å². The van der Waals surface area contributed by atoms with E-state index in [1.54, 1.807) is 11.3 Å². The molecule has 4 heterocycles. The van der Waals surface area contributed by atoms with Crippen LogP contribution < -0.4 is 0 Å². The normalized spacial score (nSPS) is 26.4. The minimum Gasteiger partial charge on any atom is -0.378 e. The Morgan fingerprint density at radius 2 is 1.96 bits per heavy atom. The third-order valence-corrected chi connectivity index (χ3v) is 7.18. The van der Waals surface area contributed by atoms with Crippen LogP contribution in [0.3, 0.4) is 0 Å². The van der Waals surface area contributed by atoms with Crippen LogP contribution in [0.2, 0.25) is 0 Å². The number of piperidine rings is 2. The highest BCUT2D eigenvalue weighted by molar-refractivity contribution is 7.09. The summed E-state index contributed by atoms with van der Waals surface area (Å²) in [7, 11) is 0. The van der Waals surface area contributed by atoms with Gasteiger partial charge in [0, 0.05) is 49.8 Å². The van der Waals surface area contributed by atoms with E-state index < -0.39 is 0 Å². The van der Waals surface area contributed by atoms with E-state index in [-0.39, 0.29) is 5.92 Å². The van der Waals surface area contributed by atoms with Crippen LogP contribution in [-0.2, 0) is 16.1 Å². The molecule has 150 valence electrons. The summed E-state index contributed by atoms with van der Waals surface area (Å²) >= 11 is 1.77. The summed E-state index contributed by atoms with van der Waals surface area (Å²) in [4.78, 5) is 24.6. The molecule has 1 aromatic rings. The molecule has 1 aromatic heterocycles. The van der Waals surface area contributed by atoms with Gasteiger partial charge in [0.2, 0.25) is 5.91 Å². The molecule has 1 amide bonds. The number of amides is 1. The number of carbonyl (C=O) groups is 1. The van der Waals surface area contributed by atoms with Gasteiger partial charge in [-0.15, -0.1) is 11.3 Å². The first-order valence-corrected chi connectivity index (χ1v) is 11.3. The summed E-state index contributed by atoms with van der Waals surface area (Å²) in [6.07, 6.45) is 4.62. The van der Waals surface area contributed by atoms with Gasteiger partial charge in [-0.1, -0.05) is 0 Å². The summed E-state index contributed by atoms with van der Waals surface area (Å²) in [5.74, 6) is 0.549. The maximum absolute atomic E-state index is 12.9. The van der Waals surface area contributed by atoms with Crippen LogP contribution in [0.1, 0.15) is 36.4 Å². The summed E-state index contributed by atoms with van der Waals surface area (Å²) < 4.78 is 5.39. The van der Waals surface area contributed by atoms with Crippen LogP contribution in [0.25, 0.3) is 0 Å². The molecule has 3 aliphatic rings. The van der Waals surface area contributed by atoms with Gasteiger partial charge in [-0.3, -0.25) is 14.6 Å². The second-order valence-electron chi connectivity index (χ2n) is 8.16. The van der Waals surface area contributed by atoms with Gasteiger partial charge in [0.05, 0.1) is 25.7 Å². The van der Waals surface area contributed by atoms with Crippen LogP contribution in [0.4, 0.5) is 0 Å². The molecule has 3 saturated heterocycles. The standard InChI is InChI=1S/C20H32N4O2S/c1-16-15-27-19(21-16)14-22-7-4-18(5-8-22)24-6-2-3-17(13-24)20(25)23-9-11-26-12-10-23/h15,17-18H,2-14H2,1H3/t17-/m0/s1. The molecule has 1 atom stereocenters. The zero-order valence-corrected chi connectivity index (χ0v) is 17.3. The third-order valence-electron chi connectivity index (χ3n) is 6.22. The lowest BCUT2D eigenvalue weighted by molar-refractivity contribution is -0.142. The molecular weight excluding hydrogens is 360 g/mol. The predicted molar refractivity (Wildman–Crippen MR) is 107 cm³/mol. The van der Waals surface area contributed by atoms with Gasteiger partial charge in [-0.2, -0.15) is 0 Å². The summed E-state index contributed by atoms with van der Waals surface area (Å²) in [6.45, 7) is 10.4. The molecule has 3 fully saturated rings. The van der Waals surface area contributed by atoms with Crippen molar-refractivity contribution in [3.05, 3.63) is 16.1 Å². The van der Waals surface area contributed by atoms with Gasteiger partial charge in [-0.25, -0.2) is 4.98 Å². The van der Waals surface area contributed by atoms with Gasteiger partial charge < -0.3 is 9.64 Å². The first-order chi connectivity index (χ1) is 13.2. The van der Waals surface area contributed by atoms with Gasteiger partial charge in [0.25, 0.3) is 0 Å². The lowest BCUT2D eigenvalue weighted by Crippen LogP contribution is -2.52. The van der Waals surface area contributed by atoms with E-state index >= 15 is 0 Å². The maximum Gasteiger partial charge on any atom is 0.227 e. The summed E-state index contributed by atoms with van der Waals surface area (Å²) in [6, 6.07) is 0.638. The number of aromatic nitrogens is 1. The van der Waals surface area contributed by atoms with Crippen LogP contribution in [0, 0.1) is 12.8 Å². The zero-order valence-electron chi connectivity index (χ0n) is 16.4. The van der Waals surface area contributed by atoms with E-state index in [1.807, 2.05) is 4.90 Å². The van der Waals surface area contributed by atoms with E-state index in [4.69, 9.17) is 4.74 Å². The van der Waals surface area contributed by atoms with E-state index in [9.17, 15) is 4.79 Å². The quantitative estimate of drug-likeness (QED) is 0.784. The van der Waals surface area contributed by atoms with Crippen LogP contribution in [0.5, 0.6) is 0 Å². The molecule has 0 bridgehead atoms. The second kappa shape index (κ2) is 8.99. The minimum atomic E-state index is 0.188. The van der Waals surface area contributed by atoms with E-state index in [0.29, 0.717) is 25.2 Å². The van der Waals surface area contributed by atoms with Crippen LogP contribution in [0.15, 0.2) is 5.38 Å². The van der Waals surface area contributed by atoms with Crippen LogP contribution in [-0.4, -0.2) is 84.1 Å². The van der Waals surface area contributed by atoms with Gasteiger partial charge >= 0.3 is 0 Å². The van der Waals surface area contributed by atoms with Gasteiger partial charge in [-0.05, 0) is 39.2 Å². The second-order valence-corrected chi connectivity index (χ2v) is 9.10. The topological polar surface area (TPSA) is 48.9 Å². The lowest BCUT2D eigenvalue weighted by Gasteiger charge is -2.43. The molecule has 4 rings (SSSR count). The van der Waals surface area contributed by atoms with E-state index in [0.717, 1.165) is 64.3 Å². The molecule has 0 saturated carbocycles. The average molecular weight is 393 g/mol. The number of hydrogen-bond acceptors (Lipinski definition) is 6. The number of rotatable bonds is 4.